The summed E-state index contributed by atoms with van der Waals surface area (Å²) >= 11 is 6.22. The van der Waals surface area contributed by atoms with Crippen LogP contribution in [-0.2, 0) is 5.41 Å². The van der Waals surface area contributed by atoms with Crippen LogP contribution in [0.1, 0.15) is 31.9 Å². The number of fused-ring (bicyclic) bond motifs is 1. The van der Waals surface area contributed by atoms with Crippen molar-refractivity contribution < 1.29 is 17.0 Å². The van der Waals surface area contributed by atoms with Gasteiger partial charge < -0.3 is 17.3 Å². The van der Waals surface area contributed by atoms with Crippen molar-refractivity contribution in [3.05, 3.63) is 64.7 Å². The Kier molecular flexibility index (Phi) is 6.59. The highest BCUT2D eigenvalue weighted by molar-refractivity contribution is 6.30. The molecule has 0 aromatic heterocycles. The summed E-state index contributed by atoms with van der Waals surface area (Å²) in [6.07, 6.45) is 4.32. The van der Waals surface area contributed by atoms with Crippen LogP contribution in [0.3, 0.4) is 0 Å². The minimum Gasteiger partial charge on any atom is -1.00 e. The fraction of sp³-hybridized carbons (Fsp3) is 0.304. The summed E-state index contributed by atoms with van der Waals surface area (Å²) in [5.41, 5.74) is 5.75. The summed E-state index contributed by atoms with van der Waals surface area (Å²) in [7, 11) is 4.04. The zero-order valence-corrected chi connectivity index (χ0v) is 18.4. The third-order valence-corrected chi connectivity index (χ3v) is 5.73. The molecule has 1 unspecified atom stereocenters. The van der Waals surface area contributed by atoms with Gasteiger partial charge in [0, 0.05) is 35.5 Å². The summed E-state index contributed by atoms with van der Waals surface area (Å²) in [5, 5.41) is 9.84. The van der Waals surface area contributed by atoms with Gasteiger partial charge in [-0.15, -0.1) is 0 Å². The number of halogens is 2. The number of anilines is 1. The van der Waals surface area contributed by atoms with Crippen molar-refractivity contribution in [2.24, 2.45) is 0 Å². The van der Waals surface area contributed by atoms with Gasteiger partial charge in [0.2, 0.25) is 5.69 Å². The smallest absolute Gasteiger partial charge is 0.209 e. The lowest BCUT2D eigenvalue weighted by atomic mass is 9.81. The van der Waals surface area contributed by atoms with E-state index in [0.29, 0.717) is 0 Å². The molecule has 0 fully saturated rings. The molecule has 0 bridgehead atoms. The van der Waals surface area contributed by atoms with Crippen LogP contribution in [0, 0.1) is 11.3 Å². The number of allylic oxidation sites excluding steroid dienone is 1. The van der Waals surface area contributed by atoms with Gasteiger partial charge in [0.25, 0.3) is 0 Å². The Hall–Kier alpha value is -2.28. The molecular weight excluding hydrogens is 389 g/mol. The van der Waals surface area contributed by atoms with Crippen LogP contribution in [-0.4, -0.2) is 30.4 Å². The number of nitriles is 1. The zero-order valence-electron chi connectivity index (χ0n) is 16.9. The molecule has 0 amide bonds. The topological polar surface area (TPSA) is 30.0 Å². The first-order valence-electron chi connectivity index (χ1n) is 9.07. The Morgan fingerprint density at radius 1 is 1.14 bits per heavy atom. The Labute approximate surface area is 179 Å². The summed E-state index contributed by atoms with van der Waals surface area (Å²) in [6, 6.07) is 16.5. The van der Waals surface area contributed by atoms with E-state index < -0.39 is 0 Å². The first-order chi connectivity index (χ1) is 12.8. The summed E-state index contributed by atoms with van der Waals surface area (Å²) in [4.78, 5) is 1.97. The maximum atomic E-state index is 9.07. The van der Waals surface area contributed by atoms with Crippen LogP contribution in [0.5, 0.6) is 0 Å². The van der Waals surface area contributed by atoms with E-state index in [0.717, 1.165) is 16.3 Å². The molecule has 1 atom stereocenters. The molecule has 3 rings (SSSR count). The lowest BCUT2D eigenvalue weighted by molar-refractivity contribution is -0.401. The van der Waals surface area contributed by atoms with Crippen LogP contribution < -0.4 is 17.3 Å². The van der Waals surface area contributed by atoms with Crippen LogP contribution in [0.4, 0.5) is 11.4 Å². The SMILES string of the molecule is CC(C#N)N(C)c1ccc(/C=C/C2=[N+](C)c3ccc(Cl)cc3C2(C)C)cc1.[Cl-]. The van der Waals surface area contributed by atoms with E-state index in [2.05, 4.69) is 80.1 Å². The van der Waals surface area contributed by atoms with Gasteiger partial charge in [0.1, 0.15) is 13.1 Å². The van der Waals surface area contributed by atoms with Crippen molar-refractivity contribution in [1.82, 2.24) is 0 Å². The fourth-order valence-corrected chi connectivity index (χ4v) is 3.79. The average molecular weight is 414 g/mol. The third kappa shape index (κ3) is 3.94. The highest BCUT2D eigenvalue weighted by Gasteiger charge is 2.42. The van der Waals surface area contributed by atoms with E-state index in [9.17, 15) is 0 Å². The summed E-state index contributed by atoms with van der Waals surface area (Å²) in [5.74, 6) is 0. The maximum Gasteiger partial charge on any atom is 0.209 e. The number of hydrogen-bond acceptors (Lipinski definition) is 2. The third-order valence-electron chi connectivity index (χ3n) is 5.50. The Morgan fingerprint density at radius 3 is 2.39 bits per heavy atom. The van der Waals surface area contributed by atoms with Crippen LogP contribution >= 0.6 is 11.6 Å². The molecule has 2 aromatic carbocycles. The Morgan fingerprint density at radius 2 is 1.79 bits per heavy atom. The van der Waals surface area contributed by atoms with Gasteiger partial charge in [-0.2, -0.15) is 9.84 Å². The minimum atomic E-state index is -0.153. The second-order valence-corrected chi connectivity index (χ2v) is 8.01. The van der Waals surface area contributed by atoms with Gasteiger partial charge in [0.15, 0.2) is 5.71 Å². The first kappa shape index (κ1) is 22.0. The molecule has 146 valence electrons. The molecule has 0 aliphatic carbocycles. The van der Waals surface area contributed by atoms with Gasteiger partial charge in [-0.1, -0.05) is 23.7 Å². The fourth-order valence-electron chi connectivity index (χ4n) is 3.61. The number of hydrogen-bond donors (Lipinski definition) is 0. The van der Waals surface area contributed by atoms with Gasteiger partial charge in [-0.3, -0.25) is 0 Å². The highest BCUT2D eigenvalue weighted by Crippen LogP contribution is 2.40. The molecule has 1 heterocycles. The quantitative estimate of drug-likeness (QED) is 0.720. The van der Waals surface area contributed by atoms with Crippen molar-refractivity contribution in [3.8, 4) is 6.07 Å². The number of benzene rings is 2. The van der Waals surface area contributed by atoms with Crippen molar-refractivity contribution >= 4 is 34.8 Å². The second-order valence-electron chi connectivity index (χ2n) is 7.57. The molecule has 0 saturated heterocycles. The normalized spacial score (nSPS) is 15.8. The molecule has 0 N–H and O–H groups in total. The van der Waals surface area contributed by atoms with Crippen LogP contribution in [0.2, 0.25) is 5.02 Å². The zero-order chi connectivity index (χ0) is 19.8. The summed E-state index contributed by atoms with van der Waals surface area (Å²) in [6.45, 7) is 6.35. The second kappa shape index (κ2) is 8.39. The van der Waals surface area contributed by atoms with Crippen LogP contribution in [0.15, 0.2) is 48.5 Å². The molecular formula is C23H25Cl2N3. The maximum absolute atomic E-state index is 9.07. The van der Waals surface area contributed by atoms with E-state index >= 15 is 0 Å². The predicted molar refractivity (Wildman–Crippen MR) is 114 cm³/mol. The molecule has 28 heavy (non-hydrogen) atoms. The van der Waals surface area contributed by atoms with Gasteiger partial charge in [-0.05, 0) is 56.7 Å². The largest absolute Gasteiger partial charge is 1.00 e. The van der Waals surface area contributed by atoms with E-state index in [-0.39, 0.29) is 23.9 Å². The van der Waals surface area contributed by atoms with E-state index in [1.807, 2.05) is 24.9 Å². The van der Waals surface area contributed by atoms with E-state index in [1.165, 1.54) is 17.0 Å². The van der Waals surface area contributed by atoms with Gasteiger partial charge in [-0.25, -0.2) is 0 Å². The average Bonchev–Trinajstić information content (AvgIpc) is 2.84. The molecule has 0 saturated carbocycles. The Bertz CT molecular complexity index is 966. The van der Waals surface area contributed by atoms with Gasteiger partial charge in [0.05, 0.1) is 11.5 Å². The monoisotopic (exact) mass is 413 g/mol. The standard InChI is InChI=1S/C23H25ClN3.ClH/c1-16(15-25)26(4)19-10-6-17(7-11-19)8-13-22-23(2,3)20-14-18(24)9-12-21(20)27(22)5;/h6-14,16H,1-5H3;1H/q+1;/p-1. The predicted octanol–water partition coefficient (Wildman–Crippen LogP) is 2.41. The molecule has 1 aliphatic heterocycles. The van der Waals surface area contributed by atoms with Crippen molar-refractivity contribution in [1.29, 1.82) is 5.26 Å². The lowest BCUT2D eigenvalue weighted by Crippen LogP contribution is -3.00. The van der Waals surface area contributed by atoms with Crippen molar-refractivity contribution in [2.75, 3.05) is 19.0 Å². The van der Waals surface area contributed by atoms with Crippen LogP contribution in [0.25, 0.3) is 6.08 Å². The molecule has 5 heteroatoms. The number of rotatable bonds is 4. The van der Waals surface area contributed by atoms with Crippen molar-refractivity contribution in [3.63, 3.8) is 0 Å². The van der Waals surface area contributed by atoms with E-state index in [1.54, 1.807) is 0 Å². The highest BCUT2D eigenvalue weighted by atomic mass is 35.5. The molecule has 0 spiro atoms. The van der Waals surface area contributed by atoms with E-state index in [4.69, 9.17) is 16.9 Å². The first-order valence-corrected chi connectivity index (χ1v) is 9.45. The minimum absolute atomic E-state index is 0. The van der Waals surface area contributed by atoms with Gasteiger partial charge >= 0.3 is 0 Å². The molecule has 1 aliphatic rings. The molecule has 2 aromatic rings. The Balaban J connectivity index is 0.00000280. The van der Waals surface area contributed by atoms with Crippen molar-refractivity contribution in [2.45, 2.75) is 32.2 Å². The molecule has 0 radical (unpaired) electrons. The summed E-state index contributed by atoms with van der Waals surface area (Å²) < 4.78 is 2.24. The number of nitrogens with zero attached hydrogens (tertiary/aromatic N) is 3. The molecule has 3 nitrogen and oxygen atoms in total. The lowest BCUT2D eigenvalue weighted by Gasteiger charge is -2.21.